The molecule has 0 unspecified atom stereocenters. The van der Waals surface area contributed by atoms with E-state index in [0.29, 0.717) is 24.8 Å². The molecule has 0 saturated carbocycles. The van der Waals surface area contributed by atoms with Crippen LogP contribution in [0.4, 0.5) is 5.69 Å². The summed E-state index contributed by atoms with van der Waals surface area (Å²) in [5, 5.41) is 45.5. The second-order valence-corrected chi connectivity index (χ2v) is 11.5. The molecule has 16 heteroatoms. The Kier molecular flexibility index (Phi) is 13.3. The molecule has 1 aromatic carbocycles. The fourth-order valence-corrected chi connectivity index (χ4v) is 4.57. The smallest absolute Gasteiger partial charge is 0.335 e. The number of amides is 2. The molecule has 0 aromatic heterocycles. The zero-order valence-corrected chi connectivity index (χ0v) is 23.7. The highest BCUT2D eigenvalue weighted by molar-refractivity contribution is 7.94. The lowest BCUT2D eigenvalue weighted by Crippen LogP contribution is -2.61. The summed E-state index contributed by atoms with van der Waals surface area (Å²) >= 11 is 0. The number of carbonyl (C=O) groups excluding carboxylic acids is 3. The van der Waals surface area contributed by atoms with Gasteiger partial charge in [0.25, 0.3) is 0 Å². The molecule has 234 valence electrons. The van der Waals surface area contributed by atoms with Gasteiger partial charge in [0.15, 0.2) is 15.9 Å². The number of esters is 1. The van der Waals surface area contributed by atoms with Crippen LogP contribution in [0.3, 0.4) is 0 Å². The predicted octanol–water partition coefficient (Wildman–Crippen LogP) is -0.416. The minimum absolute atomic E-state index is 0.0202. The van der Waals surface area contributed by atoms with Crippen molar-refractivity contribution >= 4 is 39.3 Å². The SMILES string of the molecule is C=CS(=O)(=O)CCCCCC(=O)NCCC(=O)Nc1cc(COC(C)=O)ccc1O[C@@H]1O[C@H](C(=O)O)[C@H](O)[C@H](O)[C@@H]1O. The van der Waals surface area contributed by atoms with Gasteiger partial charge in [-0.2, -0.15) is 0 Å². The maximum Gasteiger partial charge on any atom is 0.335 e. The van der Waals surface area contributed by atoms with Crippen molar-refractivity contribution in [2.24, 2.45) is 0 Å². The maximum atomic E-state index is 12.6. The molecule has 1 saturated heterocycles. The first-order chi connectivity index (χ1) is 19.7. The van der Waals surface area contributed by atoms with Gasteiger partial charge in [0.05, 0.1) is 11.4 Å². The largest absolute Gasteiger partial charge is 0.479 e. The normalized spacial score (nSPS) is 22.0. The molecule has 15 nitrogen and oxygen atoms in total. The lowest BCUT2D eigenvalue weighted by Gasteiger charge is -2.38. The van der Waals surface area contributed by atoms with E-state index >= 15 is 0 Å². The molecular formula is C26H36N2O13S. The number of carboxylic acid groups (broad SMARTS) is 1. The van der Waals surface area contributed by atoms with Crippen molar-refractivity contribution in [1.29, 1.82) is 0 Å². The van der Waals surface area contributed by atoms with Crippen LogP contribution in [-0.2, 0) is 45.1 Å². The number of nitrogens with one attached hydrogen (secondary N) is 2. The van der Waals surface area contributed by atoms with E-state index in [4.69, 9.17) is 14.2 Å². The molecule has 1 aliphatic rings. The molecule has 1 heterocycles. The third-order valence-electron chi connectivity index (χ3n) is 6.08. The predicted molar refractivity (Wildman–Crippen MR) is 146 cm³/mol. The number of unbranched alkanes of at least 4 members (excludes halogenated alkanes) is 2. The van der Waals surface area contributed by atoms with E-state index in [2.05, 4.69) is 17.2 Å². The van der Waals surface area contributed by atoms with Gasteiger partial charge < -0.3 is 45.3 Å². The molecule has 0 aliphatic carbocycles. The molecule has 5 atom stereocenters. The van der Waals surface area contributed by atoms with Gasteiger partial charge in [-0.3, -0.25) is 14.4 Å². The number of anilines is 1. The van der Waals surface area contributed by atoms with Crippen molar-refractivity contribution in [2.75, 3.05) is 17.6 Å². The van der Waals surface area contributed by atoms with E-state index < -0.39 is 58.4 Å². The van der Waals surface area contributed by atoms with Crippen molar-refractivity contribution in [3.05, 3.63) is 35.7 Å². The molecule has 0 radical (unpaired) electrons. The first kappa shape index (κ1) is 34.6. The topological polar surface area (TPSA) is 235 Å². The number of benzene rings is 1. The highest BCUT2D eigenvalue weighted by atomic mass is 32.2. The Morgan fingerprint density at radius 3 is 2.38 bits per heavy atom. The summed E-state index contributed by atoms with van der Waals surface area (Å²) in [5.74, 6) is -3.18. The summed E-state index contributed by atoms with van der Waals surface area (Å²) in [6.07, 6.45) is -7.96. The second kappa shape index (κ2) is 16.2. The second-order valence-electron chi connectivity index (χ2n) is 9.46. The highest BCUT2D eigenvalue weighted by Crippen LogP contribution is 2.31. The minimum atomic E-state index is -3.28. The Labute approximate surface area is 242 Å². The van der Waals surface area contributed by atoms with Gasteiger partial charge in [-0.15, -0.1) is 0 Å². The number of rotatable bonds is 16. The molecule has 0 bridgehead atoms. The molecule has 1 fully saturated rings. The maximum absolute atomic E-state index is 12.6. The standard InChI is InChI=1S/C26H36N2O13S/c1-3-42(37,38)12-6-4-5-7-19(30)27-11-10-20(31)28-17-13-16(14-39-15(2)29)8-9-18(17)40-26-23(34)21(32)22(33)24(41-26)25(35)36/h3,8-9,13,21-24,26,32-34H,1,4-7,10-12,14H2,2H3,(H,27,30)(H,28,31)(H,35,36)/t21-,22+,23-,24-,26+/m0/s1. The van der Waals surface area contributed by atoms with E-state index in [1.807, 2.05) is 0 Å². The average Bonchev–Trinajstić information content (AvgIpc) is 2.92. The van der Waals surface area contributed by atoms with Crippen molar-refractivity contribution in [3.8, 4) is 5.75 Å². The number of carbonyl (C=O) groups is 4. The monoisotopic (exact) mass is 616 g/mol. The summed E-state index contributed by atoms with van der Waals surface area (Å²) in [6.45, 7) is 4.28. The van der Waals surface area contributed by atoms with Crippen LogP contribution in [0, 0.1) is 0 Å². The quantitative estimate of drug-likeness (QED) is 0.102. The van der Waals surface area contributed by atoms with Crippen molar-refractivity contribution < 1.29 is 62.2 Å². The van der Waals surface area contributed by atoms with Crippen LogP contribution < -0.4 is 15.4 Å². The van der Waals surface area contributed by atoms with E-state index in [0.717, 1.165) is 5.41 Å². The van der Waals surface area contributed by atoms with E-state index in [1.54, 1.807) is 0 Å². The number of hydrogen-bond acceptors (Lipinski definition) is 12. The van der Waals surface area contributed by atoms with Gasteiger partial charge in [-0.25, -0.2) is 13.2 Å². The number of aliphatic hydroxyl groups excluding tert-OH is 3. The molecule has 42 heavy (non-hydrogen) atoms. The van der Waals surface area contributed by atoms with Crippen LogP contribution in [-0.4, -0.2) is 95.6 Å². The zero-order valence-electron chi connectivity index (χ0n) is 22.9. The van der Waals surface area contributed by atoms with Crippen LogP contribution in [0.2, 0.25) is 0 Å². The minimum Gasteiger partial charge on any atom is -0.479 e. The first-order valence-electron chi connectivity index (χ1n) is 13.0. The number of ether oxygens (including phenoxy) is 3. The molecule has 1 aromatic rings. The third-order valence-corrected chi connectivity index (χ3v) is 7.44. The van der Waals surface area contributed by atoms with E-state index in [-0.39, 0.29) is 49.1 Å². The molecular weight excluding hydrogens is 580 g/mol. The number of aliphatic carboxylic acids is 1. The van der Waals surface area contributed by atoms with Crippen LogP contribution in [0.15, 0.2) is 30.2 Å². The van der Waals surface area contributed by atoms with Gasteiger partial charge in [0.1, 0.15) is 30.7 Å². The van der Waals surface area contributed by atoms with Crippen LogP contribution >= 0.6 is 0 Å². The van der Waals surface area contributed by atoms with Gasteiger partial charge in [-0.05, 0) is 30.5 Å². The third kappa shape index (κ3) is 11.0. The van der Waals surface area contributed by atoms with Gasteiger partial charge in [0.2, 0.25) is 18.1 Å². The van der Waals surface area contributed by atoms with E-state index in [9.17, 15) is 48.0 Å². The summed E-state index contributed by atoms with van der Waals surface area (Å²) in [6, 6.07) is 4.20. The Morgan fingerprint density at radius 2 is 1.74 bits per heavy atom. The Morgan fingerprint density at radius 1 is 1.02 bits per heavy atom. The van der Waals surface area contributed by atoms with Crippen molar-refractivity contribution in [2.45, 2.75) is 76.3 Å². The van der Waals surface area contributed by atoms with Crippen LogP contribution in [0.5, 0.6) is 5.75 Å². The zero-order chi connectivity index (χ0) is 31.4. The Hall–Kier alpha value is -3.57. The lowest BCUT2D eigenvalue weighted by atomic mass is 9.99. The Bertz CT molecular complexity index is 1240. The average molecular weight is 617 g/mol. The number of carboxylic acids is 1. The lowest BCUT2D eigenvalue weighted by molar-refractivity contribution is -0.271. The fraction of sp³-hybridized carbons (Fsp3) is 0.538. The number of aliphatic hydroxyl groups is 3. The van der Waals surface area contributed by atoms with Gasteiger partial charge in [-0.1, -0.05) is 19.1 Å². The summed E-state index contributed by atoms with van der Waals surface area (Å²) < 4.78 is 38.4. The van der Waals surface area contributed by atoms with Gasteiger partial charge >= 0.3 is 11.9 Å². The molecule has 0 spiro atoms. The van der Waals surface area contributed by atoms with Crippen molar-refractivity contribution in [1.82, 2.24) is 5.32 Å². The molecule has 2 rings (SSSR count). The van der Waals surface area contributed by atoms with Crippen molar-refractivity contribution in [3.63, 3.8) is 0 Å². The van der Waals surface area contributed by atoms with Crippen LogP contribution in [0.25, 0.3) is 0 Å². The highest BCUT2D eigenvalue weighted by Gasteiger charge is 2.48. The van der Waals surface area contributed by atoms with Crippen LogP contribution in [0.1, 0.15) is 44.6 Å². The fourth-order valence-electron chi connectivity index (χ4n) is 3.79. The molecule has 2 amide bonds. The molecule has 1 aliphatic heterocycles. The summed E-state index contributed by atoms with van der Waals surface area (Å²) in [5.41, 5.74) is 0.458. The number of sulfone groups is 1. The number of hydrogen-bond donors (Lipinski definition) is 6. The Balaban J connectivity index is 1.99. The summed E-state index contributed by atoms with van der Waals surface area (Å²) in [7, 11) is -3.28. The summed E-state index contributed by atoms with van der Waals surface area (Å²) in [4.78, 5) is 47.3. The first-order valence-corrected chi connectivity index (χ1v) is 14.7. The van der Waals surface area contributed by atoms with E-state index in [1.165, 1.54) is 25.1 Å². The molecule has 6 N–H and O–H groups in total. The van der Waals surface area contributed by atoms with Gasteiger partial charge in [0, 0.05) is 31.7 Å².